The highest BCUT2D eigenvalue weighted by Gasteiger charge is 2.55. The van der Waals surface area contributed by atoms with E-state index in [1.807, 2.05) is 51.1 Å². The zero-order chi connectivity index (χ0) is 21.4. The highest BCUT2D eigenvalue weighted by atomic mass is 16.2. The van der Waals surface area contributed by atoms with Crippen molar-refractivity contribution in [1.29, 1.82) is 0 Å². The van der Waals surface area contributed by atoms with Gasteiger partial charge in [0.05, 0.1) is 5.69 Å². The molecule has 0 saturated carbocycles. The minimum absolute atomic E-state index is 0.167. The number of amides is 3. The molecule has 2 aliphatic heterocycles. The van der Waals surface area contributed by atoms with E-state index in [1.54, 1.807) is 12.1 Å². The Balaban J connectivity index is 1.49. The van der Waals surface area contributed by atoms with Crippen molar-refractivity contribution in [1.82, 2.24) is 5.01 Å². The van der Waals surface area contributed by atoms with Gasteiger partial charge in [-0.05, 0) is 55.2 Å². The second-order valence-corrected chi connectivity index (χ2v) is 7.52. The van der Waals surface area contributed by atoms with Crippen LogP contribution in [0.2, 0.25) is 0 Å². The molecule has 2 heterocycles. The summed E-state index contributed by atoms with van der Waals surface area (Å²) in [5, 5.41) is 12.0. The molecule has 0 spiro atoms. The largest absolute Gasteiger partial charge is 0.324 e. The lowest BCUT2D eigenvalue weighted by atomic mass is 10.1. The topological polar surface area (TPSA) is 94.4 Å². The molecule has 0 bridgehead atoms. The van der Waals surface area contributed by atoms with E-state index < -0.39 is 23.9 Å². The number of rotatable bonds is 5. The van der Waals surface area contributed by atoms with Gasteiger partial charge in [-0.25, -0.2) is 4.90 Å². The molecule has 3 amide bonds. The first-order valence-electron chi connectivity index (χ1n) is 9.91. The summed E-state index contributed by atoms with van der Waals surface area (Å²) in [6, 6.07) is 11.1. The van der Waals surface area contributed by atoms with Crippen LogP contribution in [0.3, 0.4) is 0 Å². The van der Waals surface area contributed by atoms with E-state index in [4.69, 9.17) is 0 Å². The summed E-state index contributed by atoms with van der Waals surface area (Å²) in [6.07, 6.45) is 0.866. The van der Waals surface area contributed by atoms with Gasteiger partial charge in [0.1, 0.15) is 6.54 Å². The molecule has 8 heteroatoms. The van der Waals surface area contributed by atoms with E-state index in [9.17, 15) is 14.4 Å². The van der Waals surface area contributed by atoms with Crippen molar-refractivity contribution in [2.75, 3.05) is 16.8 Å². The van der Waals surface area contributed by atoms with Gasteiger partial charge in [-0.3, -0.25) is 19.4 Å². The fourth-order valence-corrected chi connectivity index (χ4v) is 3.71. The van der Waals surface area contributed by atoms with Gasteiger partial charge in [0.25, 0.3) is 11.8 Å². The predicted molar refractivity (Wildman–Crippen MR) is 112 cm³/mol. The fraction of sp³-hybridized carbons (Fsp3) is 0.318. The Morgan fingerprint density at radius 3 is 2.50 bits per heavy atom. The van der Waals surface area contributed by atoms with Crippen LogP contribution in [-0.2, 0) is 20.8 Å². The molecule has 30 heavy (non-hydrogen) atoms. The summed E-state index contributed by atoms with van der Waals surface area (Å²) in [4.78, 5) is 39.5. The first-order chi connectivity index (χ1) is 14.4. The number of anilines is 2. The Morgan fingerprint density at radius 1 is 1.07 bits per heavy atom. The zero-order valence-corrected chi connectivity index (χ0v) is 17.1. The number of nitrogens with zero attached hydrogens (tertiary/aromatic N) is 4. The summed E-state index contributed by atoms with van der Waals surface area (Å²) >= 11 is 0. The summed E-state index contributed by atoms with van der Waals surface area (Å²) in [5.74, 6) is -1.16. The van der Waals surface area contributed by atoms with Crippen molar-refractivity contribution in [3.8, 4) is 0 Å². The van der Waals surface area contributed by atoms with Crippen molar-refractivity contribution in [2.24, 2.45) is 10.3 Å². The number of fused-ring (bicyclic) bond motifs is 1. The molecular formula is C22H23N5O3. The molecule has 2 atom stereocenters. The number of hydrogen-bond acceptors (Lipinski definition) is 6. The molecule has 1 saturated heterocycles. The van der Waals surface area contributed by atoms with Gasteiger partial charge in [0.15, 0.2) is 12.1 Å². The predicted octanol–water partition coefficient (Wildman–Crippen LogP) is 2.80. The van der Waals surface area contributed by atoms with Crippen LogP contribution in [0.5, 0.6) is 0 Å². The van der Waals surface area contributed by atoms with Crippen LogP contribution in [0, 0.1) is 13.8 Å². The number of hydrogen-bond donors (Lipinski definition) is 1. The van der Waals surface area contributed by atoms with Crippen LogP contribution in [0.15, 0.2) is 52.8 Å². The third kappa shape index (κ3) is 3.34. The molecular weight excluding hydrogens is 382 g/mol. The molecule has 0 radical (unpaired) electrons. The third-order valence-electron chi connectivity index (χ3n) is 5.65. The number of benzene rings is 2. The van der Waals surface area contributed by atoms with Gasteiger partial charge in [-0.1, -0.05) is 36.4 Å². The highest BCUT2D eigenvalue weighted by Crippen LogP contribution is 2.32. The van der Waals surface area contributed by atoms with E-state index in [2.05, 4.69) is 15.7 Å². The van der Waals surface area contributed by atoms with E-state index in [-0.39, 0.29) is 12.5 Å². The van der Waals surface area contributed by atoms with E-state index in [1.165, 1.54) is 5.01 Å². The molecule has 2 aromatic rings. The number of nitrogens with one attached hydrogen (secondary N) is 1. The Bertz CT molecular complexity index is 1050. The molecule has 0 aromatic heterocycles. The second kappa shape index (κ2) is 7.70. The monoisotopic (exact) mass is 405 g/mol. The molecule has 154 valence electrons. The summed E-state index contributed by atoms with van der Waals surface area (Å²) < 4.78 is 0. The van der Waals surface area contributed by atoms with Gasteiger partial charge in [0.2, 0.25) is 5.91 Å². The van der Waals surface area contributed by atoms with Crippen molar-refractivity contribution in [3.05, 3.63) is 59.2 Å². The SMILES string of the molecule is CCc1ccc(N2C(=O)[C@H]3N=NN(CC(=O)Nc4cccc(C)c4C)[C@@H]3C2=O)cc1. The molecule has 2 aromatic carbocycles. The quantitative estimate of drug-likeness (QED) is 0.774. The first kappa shape index (κ1) is 19.8. The van der Waals surface area contributed by atoms with Gasteiger partial charge in [-0.15, -0.1) is 0 Å². The lowest BCUT2D eigenvalue weighted by molar-refractivity contribution is -0.123. The van der Waals surface area contributed by atoms with Crippen LogP contribution in [0.25, 0.3) is 0 Å². The Hall–Kier alpha value is -3.55. The average molecular weight is 405 g/mol. The minimum Gasteiger partial charge on any atom is -0.324 e. The van der Waals surface area contributed by atoms with Crippen LogP contribution >= 0.6 is 0 Å². The van der Waals surface area contributed by atoms with Gasteiger partial charge < -0.3 is 5.32 Å². The van der Waals surface area contributed by atoms with Gasteiger partial charge >= 0.3 is 0 Å². The maximum Gasteiger partial charge on any atom is 0.263 e. The standard InChI is InChI=1S/C22H23N5O3/c1-4-15-8-10-16(11-9-15)27-21(29)19-20(22(27)30)26(25-24-19)12-18(28)23-17-7-5-6-13(2)14(17)3/h5-11,19-20H,4,12H2,1-3H3,(H,23,28)/t19-,20-/m0/s1. The average Bonchev–Trinajstić information content (AvgIpc) is 3.25. The third-order valence-corrected chi connectivity index (χ3v) is 5.65. The van der Waals surface area contributed by atoms with Crippen LogP contribution < -0.4 is 10.2 Å². The fourth-order valence-electron chi connectivity index (χ4n) is 3.71. The molecule has 0 unspecified atom stereocenters. The molecule has 1 fully saturated rings. The normalized spacial score (nSPS) is 20.1. The minimum atomic E-state index is -0.920. The Labute approximate surface area is 174 Å². The lowest BCUT2D eigenvalue weighted by Crippen LogP contribution is -2.43. The maximum absolute atomic E-state index is 13.0. The van der Waals surface area contributed by atoms with Gasteiger partial charge in [0, 0.05) is 5.69 Å². The van der Waals surface area contributed by atoms with Crippen LogP contribution in [0.1, 0.15) is 23.6 Å². The summed E-state index contributed by atoms with van der Waals surface area (Å²) in [5.41, 5.74) is 4.36. The van der Waals surface area contributed by atoms with Crippen molar-refractivity contribution in [3.63, 3.8) is 0 Å². The smallest absolute Gasteiger partial charge is 0.263 e. The van der Waals surface area contributed by atoms with Crippen LogP contribution in [0.4, 0.5) is 11.4 Å². The first-order valence-corrected chi connectivity index (χ1v) is 9.91. The molecule has 8 nitrogen and oxygen atoms in total. The van der Waals surface area contributed by atoms with Crippen LogP contribution in [-0.4, -0.2) is 41.4 Å². The number of carbonyl (C=O) groups excluding carboxylic acids is 3. The lowest BCUT2D eigenvalue weighted by Gasteiger charge is -2.20. The van der Waals surface area contributed by atoms with E-state index in [0.717, 1.165) is 28.0 Å². The van der Waals surface area contributed by atoms with Gasteiger partial charge in [-0.2, -0.15) is 5.11 Å². The van der Waals surface area contributed by atoms with Crippen molar-refractivity contribution >= 4 is 29.1 Å². The molecule has 0 aliphatic carbocycles. The number of carbonyl (C=O) groups is 3. The Kier molecular flexibility index (Phi) is 5.07. The maximum atomic E-state index is 13.0. The number of imide groups is 1. The molecule has 2 aliphatic rings. The summed E-state index contributed by atoms with van der Waals surface area (Å²) in [7, 11) is 0. The molecule has 4 rings (SSSR count). The number of aryl methyl sites for hydroxylation is 2. The van der Waals surface area contributed by atoms with E-state index in [0.29, 0.717) is 11.4 Å². The molecule has 1 N–H and O–H groups in total. The second-order valence-electron chi connectivity index (χ2n) is 7.52. The van der Waals surface area contributed by atoms with E-state index >= 15 is 0 Å². The van der Waals surface area contributed by atoms with Crippen molar-refractivity contribution < 1.29 is 14.4 Å². The zero-order valence-electron chi connectivity index (χ0n) is 17.1. The Morgan fingerprint density at radius 2 is 1.80 bits per heavy atom. The highest BCUT2D eigenvalue weighted by molar-refractivity contribution is 6.25. The summed E-state index contributed by atoms with van der Waals surface area (Å²) in [6.45, 7) is 5.76. The van der Waals surface area contributed by atoms with Crippen molar-refractivity contribution in [2.45, 2.75) is 39.3 Å².